The number of nitrogens with two attached hydrogens (primary N) is 1. The third-order valence-corrected chi connectivity index (χ3v) is 1.66. The third kappa shape index (κ3) is 2.20. The van der Waals surface area contributed by atoms with Gasteiger partial charge in [0.25, 0.3) is 0 Å². The summed E-state index contributed by atoms with van der Waals surface area (Å²) in [4.78, 5) is 10.2. The fraction of sp³-hybridized carbons (Fsp3) is 0.500. The summed E-state index contributed by atoms with van der Waals surface area (Å²) in [7, 11) is 0. The first-order valence-corrected chi connectivity index (χ1v) is 3.60. The maximum atomic E-state index is 10.2. The minimum absolute atomic E-state index is 0.188. The van der Waals surface area contributed by atoms with Gasteiger partial charge in [0.2, 0.25) is 0 Å². The molecule has 1 atom stereocenters. The van der Waals surface area contributed by atoms with Crippen molar-refractivity contribution in [3.8, 4) is 0 Å². The minimum Gasteiger partial charge on any atom is -0.480 e. The van der Waals surface area contributed by atoms with Crippen LogP contribution in [0.4, 0.5) is 0 Å². The molecule has 1 rings (SSSR count). The van der Waals surface area contributed by atoms with E-state index in [1.54, 1.807) is 0 Å². The molecule has 0 spiro atoms. The van der Waals surface area contributed by atoms with E-state index in [9.17, 15) is 4.79 Å². The van der Waals surface area contributed by atoms with Gasteiger partial charge in [0.15, 0.2) is 0 Å². The highest BCUT2D eigenvalue weighted by Gasteiger charge is 2.13. The molecule has 7 heteroatoms. The summed E-state index contributed by atoms with van der Waals surface area (Å²) < 4.78 is 3.47. The molecule has 0 aliphatic carbocycles. The van der Waals surface area contributed by atoms with Gasteiger partial charge in [-0.05, 0) is 5.21 Å². The molecule has 0 bridgehead atoms. The highest BCUT2D eigenvalue weighted by molar-refractivity contribution is 7.05. The van der Waals surface area contributed by atoms with Crippen LogP contribution in [-0.4, -0.2) is 31.9 Å². The lowest BCUT2D eigenvalue weighted by atomic mass is 10.2. The van der Waals surface area contributed by atoms with Crippen molar-refractivity contribution in [1.82, 2.24) is 14.8 Å². The van der Waals surface area contributed by atoms with Gasteiger partial charge in [-0.25, -0.2) is 0 Å². The molecule has 1 unspecified atom stereocenters. The summed E-state index contributed by atoms with van der Waals surface area (Å²) in [5.41, 5.74) is 5.22. The molecule has 0 aliphatic heterocycles. The van der Waals surface area contributed by atoms with Crippen LogP contribution < -0.4 is 5.73 Å². The zero-order chi connectivity index (χ0) is 8.27. The van der Waals surface area contributed by atoms with Crippen molar-refractivity contribution >= 4 is 17.5 Å². The molecule has 1 heterocycles. The van der Waals surface area contributed by atoms with Crippen molar-refractivity contribution in [3.63, 3.8) is 0 Å². The zero-order valence-electron chi connectivity index (χ0n) is 5.47. The molecule has 0 fully saturated rings. The van der Waals surface area contributed by atoms with Crippen LogP contribution in [0.1, 0.15) is 5.01 Å². The molecule has 1 aromatic rings. The number of hydrogen-bond donors (Lipinski definition) is 2. The van der Waals surface area contributed by atoms with E-state index in [1.165, 1.54) is 0 Å². The van der Waals surface area contributed by atoms with Crippen molar-refractivity contribution in [2.75, 3.05) is 0 Å². The second kappa shape index (κ2) is 3.35. The Morgan fingerprint density at radius 1 is 1.82 bits per heavy atom. The summed E-state index contributed by atoms with van der Waals surface area (Å²) in [6, 6.07) is -0.912. The number of aromatic nitrogens is 3. The number of rotatable bonds is 3. The van der Waals surface area contributed by atoms with Crippen molar-refractivity contribution in [2.45, 2.75) is 12.5 Å². The number of aliphatic carboxylic acids is 1. The molecule has 1 aromatic heterocycles. The van der Waals surface area contributed by atoms with Gasteiger partial charge in [0, 0.05) is 18.0 Å². The average molecular weight is 174 g/mol. The lowest BCUT2D eigenvalue weighted by Gasteiger charge is -1.99. The summed E-state index contributed by atoms with van der Waals surface area (Å²) >= 11 is 1.05. The van der Waals surface area contributed by atoms with Crippen LogP contribution in [0.2, 0.25) is 0 Å². The van der Waals surface area contributed by atoms with E-state index < -0.39 is 12.0 Å². The van der Waals surface area contributed by atoms with E-state index in [0.29, 0.717) is 5.01 Å². The van der Waals surface area contributed by atoms with Crippen LogP contribution in [0.3, 0.4) is 0 Å². The quantitative estimate of drug-likeness (QED) is 0.602. The van der Waals surface area contributed by atoms with Crippen LogP contribution in [-0.2, 0) is 11.2 Å². The molecule has 0 aliphatic rings. The van der Waals surface area contributed by atoms with Crippen LogP contribution in [0.5, 0.6) is 0 Å². The first-order valence-electron chi connectivity index (χ1n) is 2.82. The Morgan fingerprint density at radius 2 is 2.55 bits per heavy atom. The molecule has 0 saturated heterocycles. The SMILES string of the molecule is NC(Cc1nnns1)C(=O)O. The Morgan fingerprint density at radius 3 is 3.00 bits per heavy atom. The van der Waals surface area contributed by atoms with Crippen molar-refractivity contribution in [1.29, 1.82) is 0 Å². The van der Waals surface area contributed by atoms with Gasteiger partial charge in [-0.3, -0.25) is 4.79 Å². The van der Waals surface area contributed by atoms with Crippen LogP contribution in [0, 0.1) is 0 Å². The van der Waals surface area contributed by atoms with Gasteiger partial charge < -0.3 is 10.8 Å². The highest BCUT2D eigenvalue weighted by atomic mass is 32.1. The van der Waals surface area contributed by atoms with Crippen LogP contribution in [0.15, 0.2) is 0 Å². The van der Waals surface area contributed by atoms with Gasteiger partial charge in [-0.2, -0.15) is 0 Å². The van der Waals surface area contributed by atoms with Crippen LogP contribution >= 0.6 is 11.5 Å². The highest BCUT2D eigenvalue weighted by Crippen LogP contribution is 2.00. The molecular weight excluding hydrogens is 168 g/mol. The minimum atomic E-state index is -1.04. The molecular formula is C4H6N4O2S. The zero-order valence-corrected chi connectivity index (χ0v) is 6.28. The summed E-state index contributed by atoms with van der Waals surface area (Å²) in [5, 5.41) is 15.8. The van der Waals surface area contributed by atoms with Gasteiger partial charge in [0.05, 0.1) is 0 Å². The molecule has 11 heavy (non-hydrogen) atoms. The van der Waals surface area contributed by atoms with E-state index in [1.807, 2.05) is 0 Å². The van der Waals surface area contributed by atoms with E-state index in [0.717, 1.165) is 11.5 Å². The molecule has 0 saturated carbocycles. The molecule has 3 N–H and O–H groups in total. The van der Waals surface area contributed by atoms with Crippen molar-refractivity contribution in [3.05, 3.63) is 5.01 Å². The normalized spacial score (nSPS) is 12.8. The topological polar surface area (TPSA) is 102 Å². The molecule has 0 amide bonds. The average Bonchev–Trinajstić information content (AvgIpc) is 2.39. The van der Waals surface area contributed by atoms with Gasteiger partial charge in [0.1, 0.15) is 11.0 Å². The maximum Gasteiger partial charge on any atom is 0.320 e. The van der Waals surface area contributed by atoms with Crippen LogP contribution in [0.25, 0.3) is 0 Å². The predicted octanol–water partition coefficient (Wildman–Crippen LogP) is -1.11. The molecule has 0 aromatic carbocycles. The first kappa shape index (κ1) is 8.02. The second-order valence-corrected chi connectivity index (χ2v) is 2.72. The van der Waals surface area contributed by atoms with Gasteiger partial charge in [-0.15, -0.1) is 5.10 Å². The molecule has 6 nitrogen and oxygen atoms in total. The van der Waals surface area contributed by atoms with E-state index in [2.05, 4.69) is 14.8 Å². The standard InChI is InChI=1S/C4H6N4O2S/c5-2(4(9)10)1-3-6-7-8-11-3/h2H,1,5H2,(H,9,10). The summed E-state index contributed by atoms with van der Waals surface area (Å²) in [6.07, 6.45) is 0.188. The Hall–Kier alpha value is -1.08. The van der Waals surface area contributed by atoms with Crippen molar-refractivity contribution in [2.24, 2.45) is 5.73 Å². The number of nitrogens with zero attached hydrogens (tertiary/aromatic N) is 3. The van der Waals surface area contributed by atoms with Crippen molar-refractivity contribution < 1.29 is 9.90 Å². The van der Waals surface area contributed by atoms with E-state index in [4.69, 9.17) is 10.8 Å². The number of carboxylic acid groups (broad SMARTS) is 1. The second-order valence-electron chi connectivity index (χ2n) is 1.90. The largest absolute Gasteiger partial charge is 0.480 e. The number of carboxylic acids is 1. The molecule has 60 valence electrons. The smallest absolute Gasteiger partial charge is 0.320 e. The van der Waals surface area contributed by atoms with Gasteiger partial charge >= 0.3 is 5.97 Å². The maximum absolute atomic E-state index is 10.2. The Kier molecular flexibility index (Phi) is 2.44. The Bertz CT molecular complexity index is 236. The number of hydrogen-bond acceptors (Lipinski definition) is 6. The first-order chi connectivity index (χ1) is 5.20. The predicted molar refractivity (Wildman–Crippen MR) is 37.0 cm³/mol. The fourth-order valence-electron chi connectivity index (χ4n) is 0.505. The molecule has 0 radical (unpaired) electrons. The number of carbonyl (C=O) groups is 1. The van der Waals surface area contributed by atoms with E-state index in [-0.39, 0.29) is 6.42 Å². The fourth-order valence-corrected chi connectivity index (χ4v) is 1.000. The van der Waals surface area contributed by atoms with Gasteiger partial charge in [-0.1, -0.05) is 4.49 Å². The monoisotopic (exact) mass is 174 g/mol. The summed E-state index contributed by atoms with van der Waals surface area (Å²) in [6.45, 7) is 0. The van der Waals surface area contributed by atoms with E-state index >= 15 is 0 Å². The third-order valence-electron chi connectivity index (χ3n) is 1.05. The Balaban J connectivity index is 2.50. The summed E-state index contributed by atoms with van der Waals surface area (Å²) in [5.74, 6) is -1.04. The Labute approximate surface area is 66.2 Å². The lowest BCUT2D eigenvalue weighted by Crippen LogP contribution is -2.32. The lowest BCUT2D eigenvalue weighted by molar-refractivity contribution is -0.138.